The Morgan fingerprint density at radius 1 is 1.19 bits per heavy atom. The van der Waals surface area contributed by atoms with Crippen molar-refractivity contribution in [1.29, 1.82) is 5.26 Å². The number of methoxy groups -OCH3 is 1. The van der Waals surface area contributed by atoms with Crippen molar-refractivity contribution < 1.29 is 17.9 Å². The number of hydrogen-bond donors (Lipinski definition) is 1. The molecule has 0 radical (unpaired) electrons. The van der Waals surface area contributed by atoms with E-state index in [4.69, 9.17) is 4.74 Å². The van der Waals surface area contributed by atoms with E-state index < -0.39 is 10.0 Å². The highest BCUT2D eigenvalue weighted by Crippen LogP contribution is 2.22. The summed E-state index contributed by atoms with van der Waals surface area (Å²) in [7, 11) is -2.05. The zero-order valence-corrected chi connectivity index (χ0v) is 16.0. The van der Waals surface area contributed by atoms with Crippen LogP contribution in [-0.2, 0) is 21.4 Å². The van der Waals surface area contributed by atoms with Gasteiger partial charge in [0.05, 0.1) is 24.6 Å². The molecule has 0 atom stereocenters. The van der Waals surface area contributed by atoms with Gasteiger partial charge in [0.25, 0.3) is 0 Å². The van der Waals surface area contributed by atoms with Gasteiger partial charge in [-0.3, -0.25) is 9.10 Å². The fraction of sp³-hybridized carbons (Fsp3) is 0.263. The number of carbonyl (C=O) groups is 1. The number of nitriles is 1. The molecule has 0 aliphatic rings. The number of amides is 1. The zero-order chi connectivity index (χ0) is 19.9. The molecule has 8 heteroatoms. The number of ether oxygens (including phenoxy) is 1. The van der Waals surface area contributed by atoms with E-state index >= 15 is 0 Å². The molecule has 1 amide bonds. The predicted octanol–water partition coefficient (Wildman–Crippen LogP) is 2.04. The molecule has 142 valence electrons. The number of carbonyl (C=O) groups excluding carboxylic acids is 1. The largest absolute Gasteiger partial charge is 0.497 e. The van der Waals surface area contributed by atoms with E-state index in [0.29, 0.717) is 6.54 Å². The van der Waals surface area contributed by atoms with E-state index in [-0.39, 0.29) is 30.1 Å². The second-order valence-electron chi connectivity index (χ2n) is 5.84. The molecule has 0 spiro atoms. The third kappa shape index (κ3) is 5.72. The van der Waals surface area contributed by atoms with E-state index in [2.05, 4.69) is 5.32 Å². The second-order valence-corrected chi connectivity index (χ2v) is 7.75. The Hall–Kier alpha value is -3.05. The van der Waals surface area contributed by atoms with Crippen molar-refractivity contribution in [3.63, 3.8) is 0 Å². The number of para-hydroxylation sites is 1. The van der Waals surface area contributed by atoms with Crippen LogP contribution in [0, 0.1) is 11.3 Å². The van der Waals surface area contributed by atoms with Gasteiger partial charge in [-0.1, -0.05) is 24.3 Å². The summed E-state index contributed by atoms with van der Waals surface area (Å²) in [6.45, 7) is 0.280. The van der Waals surface area contributed by atoms with Gasteiger partial charge in [-0.25, -0.2) is 8.42 Å². The Bertz CT molecular complexity index is 934. The first kappa shape index (κ1) is 20.3. The fourth-order valence-electron chi connectivity index (χ4n) is 2.49. The maximum atomic E-state index is 12.1. The minimum Gasteiger partial charge on any atom is -0.497 e. The van der Waals surface area contributed by atoms with E-state index in [1.807, 2.05) is 18.2 Å². The van der Waals surface area contributed by atoms with Crippen LogP contribution in [0.5, 0.6) is 5.75 Å². The number of nitrogens with one attached hydrogen (secondary N) is 1. The molecule has 0 aromatic heterocycles. The van der Waals surface area contributed by atoms with Gasteiger partial charge in [0.1, 0.15) is 11.8 Å². The van der Waals surface area contributed by atoms with Crippen LogP contribution >= 0.6 is 0 Å². The Labute approximate surface area is 159 Å². The van der Waals surface area contributed by atoms with Crippen LogP contribution in [-0.4, -0.2) is 34.2 Å². The first-order valence-corrected chi connectivity index (χ1v) is 10.1. The average Bonchev–Trinajstić information content (AvgIpc) is 2.66. The first-order valence-electron chi connectivity index (χ1n) is 8.21. The minimum absolute atomic E-state index is 0.0248. The predicted molar refractivity (Wildman–Crippen MR) is 103 cm³/mol. The van der Waals surface area contributed by atoms with Crippen LogP contribution in [0.25, 0.3) is 0 Å². The van der Waals surface area contributed by atoms with Gasteiger partial charge in [-0.2, -0.15) is 5.26 Å². The van der Waals surface area contributed by atoms with E-state index in [1.165, 1.54) is 6.07 Å². The highest BCUT2D eigenvalue weighted by molar-refractivity contribution is 7.92. The van der Waals surface area contributed by atoms with Crippen LogP contribution in [0.3, 0.4) is 0 Å². The lowest BCUT2D eigenvalue weighted by Gasteiger charge is -2.23. The van der Waals surface area contributed by atoms with Gasteiger partial charge in [-0.15, -0.1) is 0 Å². The lowest BCUT2D eigenvalue weighted by Crippen LogP contribution is -2.35. The Kier molecular flexibility index (Phi) is 6.79. The second kappa shape index (κ2) is 9.05. The van der Waals surface area contributed by atoms with Gasteiger partial charge in [0.15, 0.2) is 0 Å². The van der Waals surface area contributed by atoms with Crippen molar-refractivity contribution in [3.05, 3.63) is 59.7 Å². The van der Waals surface area contributed by atoms with Crippen LogP contribution < -0.4 is 14.4 Å². The number of sulfonamides is 1. The van der Waals surface area contributed by atoms with Crippen molar-refractivity contribution >= 4 is 21.6 Å². The number of nitrogens with zero attached hydrogens (tertiary/aromatic N) is 2. The maximum Gasteiger partial charge on any atom is 0.232 e. The molecule has 0 unspecified atom stereocenters. The topological polar surface area (TPSA) is 99.5 Å². The standard InChI is InChI=1S/C19H21N3O4S/c1-26-17-9-7-15(8-10-17)14-21-19(23)11-12-22(27(2,24)25)18-6-4-3-5-16(18)13-20/h3-10H,11-12,14H2,1-2H3,(H,21,23). The number of benzene rings is 2. The highest BCUT2D eigenvalue weighted by atomic mass is 32.2. The molecule has 2 aromatic carbocycles. The van der Waals surface area contributed by atoms with Crippen LogP contribution in [0.15, 0.2) is 48.5 Å². The molecule has 0 fully saturated rings. The molecule has 2 aromatic rings. The monoisotopic (exact) mass is 387 g/mol. The van der Waals surface area contributed by atoms with E-state index in [9.17, 15) is 18.5 Å². The lowest BCUT2D eigenvalue weighted by molar-refractivity contribution is -0.121. The molecule has 0 saturated carbocycles. The molecule has 0 bridgehead atoms. The summed E-state index contributed by atoms with van der Waals surface area (Å²) < 4.78 is 30.4. The number of rotatable bonds is 8. The SMILES string of the molecule is COc1ccc(CNC(=O)CCN(c2ccccc2C#N)S(C)(=O)=O)cc1. The summed E-state index contributed by atoms with van der Waals surface area (Å²) in [6, 6.07) is 15.6. The van der Waals surface area contributed by atoms with Crippen LogP contribution in [0.4, 0.5) is 5.69 Å². The quantitative estimate of drug-likeness (QED) is 0.747. The zero-order valence-electron chi connectivity index (χ0n) is 15.2. The molecule has 0 aliphatic heterocycles. The molecule has 0 saturated heterocycles. The van der Waals surface area contributed by atoms with Crippen LogP contribution in [0.1, 0.15) is 17.5 Å². The Balaban J connectivity index is 2.00. The summed E-state index contributed by atoms with van der Waals surface area (Å²) in [4.78, 5) is 12.1. The molecule has 7 nitrogen and oxygen atoms in total. The molecule has 27 heavy (non-hydrogen) atoms. The van der Waals surface area contributed by atoms with Crippen molar-refractivity contribution in [2.45, 2.75) is 13.0 Å². The molecule has 0 heterocycles. The third-order valence-electron chi connectivity index (χ3n) is 3.88. The molecular formula is C19H21N3O4S. The fourth-order valence-corrected chi connectivity index (χ4v) is 3.43. The highest BCUT2D eigenvalue weighted by Gasteiger charge is 2.21. The van der Waals surface area contributed by atoms with Crippen molar-refractivity contribution in [1.82, 2.24) is 5.32 Å². The van der Waals surface area contributed by atoms with Crippen molar-refractivity contribution in [3.8, 4) is 11.8 Å². The third-order valence-corrected chi connectivity index (χ3v) is 5.06. The van der Waals surface area contributed by atoms with Crippen molar-refractivity contribution in [2.75, 3.05) is 24.2 Å². The van der Waals surface area contributed by atoms with Gasteiger partial charge in [0, 0.05) is 19.5 Å². The maximum absolute atomic E-state index is 12.1. The summed E-state index contributed by atoms with van der Waals surface area (Å²) in [5.41, 5.74) is 1.41. The summed E-state index contributed by atoms with van der Waals surface area (Å²) in [6.07, 6.45) is 1.03. The van der Waals surface area contributed by atoms with Gasteiger partial charge in [-0.05, 0) is 29.8 Å². The molecule has 2 rings (SSSR count). The van der Waals surface area contributed by atoms with Crippen LogP contribution in [0.2, 0.25) is 0 Å². The minimum atomic E-state index is -3.63. The van der Waals surface area contributed by atoms with Crippen molar-refractivity contribution in [2.24, 2.45) is 0 Å². The molecule has 1 N–H and O–H groups in total. The Morgan fingerprint density at radius 3 is 2.44 bits per heavy atom. The normalized spacial score (nSPS) is 10.7. The van der Waals surface area contributed by atoms with E-state index in [0.717, 1.165) is 21.9 Å². The molecule has 0 aliphatic carbocycles. The van der Waals surface area contributed by atoms with Gasteiger partial charge in [0.2, 0.25) is 15.9 Å². The summed E-state index contributed by atoms with van der Waals surface area (Å²) >= 11 is 0. The van der Waals surface area contributed by atoms with Gasteiger partial charge >= 0.3 is 0 Å². The number of anilines is 1. The Morgan fingerprint density at radius 2 is 1.85 bits per heavy atom. The first-order chi connectivity index (χ1) is 12.8. The summed E-state index contributed by atoms with van der Waals surface area (Å²) in [5, 5.41) is 12.0. The number of hydrogen-bond acceptors (Lipinski definition) is 5. The average molecular weight is 387 g/mol. The smallest absolute Gasteiger partial charge is 0.232 e. The van der Waals surface area contributed by atoms with E-state index in [1.54, 1.807) is 37.4 Å². The lowest BCUT2D eigenvalue weighted by atomic mass is 10.2. The van der Waals surface area contributed by atoms with Gasteiger partial charge < -0.3 is 10.1 Å². The molecular weight excluding hydrogens is 366 g/mol. The summed E-state index contributed by atoms with van der Waals surface area (Å²) in [5.74, 6) is 0.443.